The molecule has 2 aliphatic heterocycles. The van der Waals surface area contributed by atoms with E-state index in [1.165, 1.54) is 6.42 Å². The van der Waals surface area contributed by atoms with Crippen LogP contribution in [0.25, 0.3) is 0 Å². The van der Waals surface area contributed by atoms with Crippen molar-refractivity contribution < 1.29 is 4.79 Å². The third-order valence-electron chi connectivity index (χ3n) is 3.89. The number of nitrogens with zero attached hydrogens (tertiary/aromatic N) is 2. The summed E-state index contributed by atoms with van der Waals surface area (Å²) in [5.41, 5.74) is -0.403. The van der Waals surface area contributed by atoms with Crippen LogP contribution in [0.3, 0.4) is 0 Å². The maximum atomic E-state index is 12.2. The fourth-order valence-corrected chi connectivity index (χ4v) is 2.72. The Morgan fingerprint density at radius 1 is 1.37 bits per heavy atom. The van der Waals surface area contributed by atoms with Crippen molar-refractivity contribution in [2.24, 2.45) is 10.9 Å². The number of piperidine rings is 1. The van der Waals surface area contributed by atoms with Gasteiger partial charge in [-0.2, -0.15) is 0 Å². The zero-order valence-corrected chi connectivity index (χ0v) is 12.3. The fraction of sp³-hybridized carbons (Fsp3) is 0.857. The minimum Gasteiger partial charge on any atom is -0.342 e. The minimum absolute atomic E-state index is 0.103. The summed E-state index contributed by atoms with van der Waals surface area (Å²) < 4.78 is 0. The average molecular weight is 266 g/mol. The van der Waals surface area contributed by atoms with E-state index in [1.807, 2.05) is 0 Å². The predicted octanol–water partition coefficient (Wildman–Crippen LogP) is 0.962. The van der Waals surface area contributed by atoms with Gasteiger partial charge in [0.15, 0.2) is 5.96 Å². The van der Waals surface area contributed by atoms with Gasteiger partial charge in [0.25, 0.3) is 5.91 Å². The topological polar surface area (TPSA) is 56.7 Å². The van der Waals surface area contributed by atoms with Gasteiger partial charge in [0.05, 0.1) is 0 Å². The lowest BCUT2D eigenvalue weighted by Crippen LogP contribution is -2.54. The van der Waals surface area contributed by atoms with Gasteiger partial charge in [0.1, 0.15) is 5.54 Å². The molecule has 0 aliphatic carbocycles. The molecular formula is C14H26N4O. The minimum atomic E-state index is -0.403. The molecule has 2 heterocycles. The van der Waals surface area contributed by atoms with E-state index >= 15 is 0 Å². The number of amides is 1. The Morgan fingerprint density at radius 2 is 2.05 bits per heavy atom. The molecule has 2 N–H and O–H groups in total. The highest BCUT2D eigenvalue weighted by atomic mass is 16.2. The van der Waals surface area contributed by atoms with Gasteiger partial charge >= 0.3 is 0 Å². The Balaban J connectivity index is 1.95. The maximum Gasteiger partial charge on any atom is 0.252 e. The summed E-state index contributed by atoms with van der Waals surface area (Å²) in [4.78, 5) is 19.1. The summed E-state index contributed by atoms with van der Waals surface area (Å²) in [6.07, 6.45) is 2.92. The molecule has 0 aromatic rings. The summed E-state index contributed by atoms with van der Waals surface area (Å²) in [5, 5.41) is 6.23. The van der Waals surface area contributed by atoms with E-state index in [-0.39, 0.29) is 5.91 Å². The van der Waals surface area contributed by atoms with Crippen LogP contribution in [-0.2, 0) is 4.79 Å². The van der Waals surface area contributed by atoms with Gasteiger partial charge in [-0.25, -0.2) is 0 Å². The molecule has 0 aromatic heterocycles. The van der Waals surface area contributed by atoms with Crippen LogP contribution in [0.4, 0.5) is 0 Å². The molecule has 19 heavy (non-hydrogen) atoms. The third-order valence-corrected chi connectivity index (χ3v) is 3.89. The van der Waals surface area contributed by atoms with Gasteiger partial charge in [0.2, 0.25) is 0 Å². The van der Waals surface area contributed by atoms with Crippen molar-refractivity contribution in [3.05, 3.63) is 0 Å². The second-order valence-electron chi connectivity index (χ2n) is 6.09. The molecule has 2 fully saturated rings. The third kappa shape index (κ3) is 3.26. The van der Waals surface area contributed by atoms with Crippen LogP contribution in [0.15, 0.2) is 4.99 Å². The van der Waals surface area contributed by atoms with E-state index < -0.39 is 5.54 Å². The standard InChI is InChI=1S/C14H26N4O/c1-4-7-18-8-5-14(6-9-18)12(19)16-13(17-14)15-10-11(2)3/h11H,4-10H2,1-3H3,(H2,15,16,17,19). The first-order valence-corrected chi connectivity index (χ1v) is 7.42. The van der Waals surface area contributed by atoms with E-state index in [0.717, 1.165) is 39.0 Å². The molecule has 0 atom stereocenters. The zero-order chi connectivity index (χ0) is 13.9. The molecule has 108 valence electrons. The van der Waals surface area contributed by atoms with E-state index in [9.17, 15) is 4.79 Å². The van der Waals surface area contributed by atoms with Gasteiger partial charge in [-0.05, 0) is 31.7 Å². The summed E-state index contributed by atoms with van der Waals surface area (Å²) >= 11 is 0. The van der Waals surface area contributed by atoms with Crippen molar-refractivity contribution in [3.8, 4) is 0 Å². The van der Waals surface area contributed by atoms with E-state index in [2.05, 4.69) is 41.3 Å². The Morgan fingerprint density at radius 3 is 2.63 bits per heavy atom. The maximum absolute atomic E-state index is 12.2. The summed E-state index contributed by atoms with van der Waals surface area (Å²) in [6.45, 7) is 10.3. The summed E-state index contributed by atoms with van der Waals surface area (Å²) in [5.74, 6) is 1.28. The summed E-state index contributed by atoms with van der Waals surface area (Å²) in [7, 11) is 0. The van der Waals surface area contributed by atoms with Crippen LogP contribution >= 0.6 is 0 Å². The van der Waals surface area contributed by atoms with Gasteiger partial charge < -0.3 is 10.2 Å². The highest BCUT2D eigenvalue weighted by Crippen LogP contribution is 2.25. The Bertz CT molecular complexity index is 356. The fourth-order valence-electron chi connectivity index (χ4n) is 2.72. The van der Waals surface area contributed by atoms with Crippen LogP contribution in [-0.4, -0.2) is 48.5 Å². The SMILES string of the molecule is CCCN1CCC2(CC1)NC(=NCC(C)C)NC2=O. The summed E-state index contributed by atoms with van der Waals surface area (Å²) in [6, 6.07) is 0. The highest BCUT2D eigenvalue weighted by Gasteiger charge is 2.46. The van der Waals surface area contributed by atoms with Gasteiger partial charge in [-0.15, -0.1) is 0 Å². The largest absolute Gasteiger partial charge is 0.342 e. The first-order valence-electron chi connectivity index (χ1n) is 7.42. The molecule has 2 aliphatic rings. The molecule has 2 rings (SSSR count). The lowest BCUT2D eigenvalue weighted by molar-refractivity contribution is -0.125. The normalized spacial score (nSPS) is 25.1. The lowest BCUT2D eigenvalue weighted by Gasteiger charge is -2.37. The molecule has 0 saturated carbocycles. The lowest BCUT2D eigenvalue weighted by atomic mass is 9.88. The Labute approximate surface area is 115 Å². The molecule has 1 amide bonds. The van der Waals surface area contributed by atoms with Crippen LogP contribution in [0.2, 0.25) is 0 Å². The van der Waals surface area contributed by atoms with E-state index in [0.29, 0.717) is 11.9 Å². The van der Waals surface area contributed by atoms with Crippen molar-refractivity contribution >= 4 is 11.9 Å². The van der Waals surface area contributed by atoms with E-state index in [4.69, 9.17) is 0 Å². The first-order chi connectivity index (χ1) is 9.05. The van der Waals surface area contributed by atoms with Crippen LogP contribution in [0.1, 0.15) is 40.0 Å². The highest BCUT2D eigenvalue weighted by molar-refractivity contribution is 6.09. The van der Waals surface area contributed by atoms with Crippen molar-refractivity contribution in [2.75, 3.05) is 26.2 Å². The smallest absolute Gasteiger partial charge is 0.252 e. The molecule has 0 bridgehead atoms. The van der Waals surface area contributed by atoms with Crippen LogP contribution in [0, 0.1) is 5.92 Å². The predicted molar refractivity (Wildman–Crippen MR) is 77.1 cm³/mol. The number of carbonyl (C=O) groups excluding carboxylic acids is 1. The van der Waals surface area contributed by atoms with Gasteiger partial charge in [-0.1, -0.05) is 20.8 Å². The van der Waals surface area contributed by atoms with Crippen molar-refractivity contribution in [1.82, 2.24) is 15.5 Å². The van der Waals surface area contributed by atoms with Crippen LogP contribution < -0.4 is 10.6 Å². The molecule has 0 radical (unpaired) electrons. The number of rotatable bonds is 4. The second-order valence-corrected chi connectivity index (χ2v) is 6.09. The second kappa shape index (κ2) is 5.90. The van der Waals surface area contributed by atoms with Crippen LogP contribution in [0.5, 0.6) is 0 Å². The molecule has 5 heteroatoms. The van der Waals surface area contributed by atoms with E-state index in [1.54, 1.807) is 0 Å². The van der Waals surface area contributed by atoms with Crippen molar-refractivity contribution in [3.63, 3.8) is 0 Å². The number of nitrogens with one attached hydrogen (secondary N) is 2. The molecule has 1 spiro atoms. The molecule has 0 aromatic carbocycles. The number of aliphatic imine (C=N–C) groups is 1. The number of hydrogen-bond acceptors (Lipinski definition) is 3. The monoisotopic (exact) mass is 266 g/mol. The molecule has 2 saturated heterocycles. The number of hydrogen-bond donors (Lipinski definition) is 2. The molecule has 5 nitrogen and oxygen atoms in total. The Kier molecular flexibility index (Phi) is 4.45. The Hall–Kier alpha value is -1.10. The van der Waals surface area contributed by atoms with Crippen molar-refractivity contribution in [1.29, 1.82) is 0 Å². The quantitative estimate of drug-likeness (QED) is 0.797. The average Bonchev–Trinajstić information content (AvgIpc) is 2.67. The van der Waals surface area contributed by atoms with Crippen molar-refractivity contribution in [2.45, 2.75) is 45.6 Å². The zero-order valence-electron chi connectivity index (χ0n) is 12.3. The number of guanidine groups is 1. The molecular weight excluding hydrogens is 240 g/mol. The number of likely N-dealkylation sites (tertiary alicyclic amines) is 1. The molecule has 0 unspecified atom stereocenters. The first kappa shape index (κ1) is 14.3. The van der Waals surface area contributed by atoms with Gasteiger partial charge in [-0.3, -0.25) is 15.1 Å². The van der Waals surface area contributed by atoms with Gasteiger partial charge in [0, 0.05) is 19.6 Å². The number of carbonyl (C=O) groups is 1.